The van der Waals surface area contributed by atoms with Gasteiger partial charge < -0.3 is 0 Å². The highest BCUT2D eigenvalue weighted by atomic mass is 35.5. The molecule has 4 rings (SSSR count). The van der Waals surface area contributed by atoms with Gasteiger partial charge in [0, 0.05) is 23.4 Å². The number of rotatable bonds is 5. The molecule has 0 radical (unpaired) electrons. The van der Waals surface area contributed by atoms with E-state index in [-0.39, 0.29) is 17.8 Å². The summed E-state index contributed by atoms with van der Waals surface area (Å²) >= 11 is 7.59. The number of nitro groups is 1. The number of benzene rings is 2. The summed E-state index contributed by atoms with van der Waals surface area (Å²) < 4.78 is 0.840. The smallest absolute Gasteiger partial charge is 0.273 e. The summed E-state index contributed by atoms with van der Waals surface area (Å²) in [6.07, 6.45) is 1.64. The molecule has 0 N–H and O–H groups in total. The molecule has 2 aromatic carbocycles. The molecular formula is C21H15ClN4O3S. The first kappa shape index (κ1) is 19.9. The van der Waals surface area contributed by atoms with Crippen LogP contribution in [0.15, 0.2) is 60.8 Å². The van der Waals surface area contributed by atoms with Crippen LogP contribution in [-0.4, -0.2) is 20.8 Å². The largest absolute Gasteiger partial charge is 0.278 e. The maximum Gasteiger partial charge on any atom is 0.273 e. The number of carbonyl (C=O) groups excluding carboxylic acids is 1. The van der Waals surface area contributed by atoms with Crippen LogP contribution in [-0.2, 0) is 6.54 Å². The van der Waals surface area contributed by atoms with Gasteiger partial charge in [-0.3, -0.25) is 24.8 Å². The van der Waals surface area contributed by atoms with Gasteiger partial charge in [0.25, 0.3) is 11.6 Å². The van der Waals surface area contributed by atoms with Crippen molar-refractivity contribution in [1.29, 1.82) is 0 Å². The maximum atomic E-state index is 13.5. The number of para-hydroxylation sites is 1. The molecule has 0 unspecified atom stereocenters. The van der Waals surface area contributed by atoms with Crippen molar-refractivity contribution >= 4 is 49.9 Å². The zero-order valence-electron chi connectivity index (χ0n) is 15.8. The highest BCUT2D eigenvalue weighted by Crippen LogP contribution is 2.34. The van der Waals surface area contributed by atoms with Crippen molar-refractivity contribution in [2.75, 3.05) is 4.90 Å². The zero-order chi connectivity index (χ0) is 21.3. The standard InChI is InChI=1S/C21H15ClN4O3S/c1-13-15(7-4-9-17(13)26(28)29)20(27)25(12-14-6-2-3-11-23-14)21-24-19-16(22)8-5-10-18(19)30-21/h2-11H,12H2,1H3. The van der Waals surface area contributed by atoms with Gasteiger partial charge in [-0.15, -0.1) is 0 Å². The maximum absolute atomic E-state index is 13.5. The Labute approximate surface area is 180 Å². The fraction of sp³-hybridized carbons (Fsp3) is 0.0952. The SMILES string of the molecule is Cc1c(C(=O)N(Cc2ccccn2)c2nc3c(Cl)cccc3s2)cccc1[N+](=O)[O-]. The predicted molar refractivity (Wildman–Crippen MR) is 117 cm³/mol. The van der Waals surface area contributed by atoms with Crippen molar-refractivity contribution in [3.05, 3.63) is 92.8 Å². The second kappa shape index (κ2) is 8.17. The van der Waals surface area contributed by atoms with Gasteiger partial charge in [0.15, 0.2) is 5.13 Å². The third kappa shape index (κ3) is 3.74. The molecule has 0 spiro atoms. The van der Waals surface area contributed by atoms with Gasteiger partial charge in [0.2, 0.25) is 0 Å². The number of aromatic nitrogens is 2. The van der Waals surface area contributed by atoms with Crippen molar-refractivity contribution in [3.63, 3.8) is 0 Å². The quantitative estimate of drug-likeness (QED) is 0.307. The highest BCUT2D eigenvalue weighted by molar-refractivity contribution is 7.22. The topological polar surface area (TPSA) is 89.2 Å². The van der Waals surface area contributed by atoms with E-state index >= 15 is 0 Å². The lowest BCUT2D eigenvalue weighted by atomic mass is 10.1. The predicted octanol–water partition coefficient (Wildman–Crippen LogP) is 5.41. The Bertz CT molecular complexity index is 1260. The molecule has 150 valence electrons. The number of hydrogen-bond donors (Lipinski definition) is 0. The van der Waals surface area contributed by atoms with Crippen molar-refractivity contribution in [2.45, 2.75) is 13.5 Å². The molecular weight excluding hydrogens is 424 g/mol. The van der Waals surface area contributed by atoms with Crippen LogP contribution in [0.3, 0.4) is 0 Å². The van der Waals surface area contributed by atoms with E-state index in [2.05, 4.69) is 9.97 Å². The Balaban J connectivity index is 1.83. The van der Waals surface area contributed by atoms with Gasteiger partial charge in [-0.05, 0) is 37.3 Å². The number of nitrogens with zero attached hydrogens (tertiary/aromatic N) is 4. The van der Waals surface area contributed by atoms with Gasteiger partial charge in [-0.25, -0.2) is 4.98 Å². The molecule has 4 aromatic rings. The Hall–Kier alpha value is -3.36. The molecule has 0 aliphatic carbocycles. The second-order valence-corrected chi connectivity index (χ2v) is 7.92. The van der Waals surface area contributed by atoms with E-state index in [0.717, 1.165) is 4.70 Å². The first-order valence-corrected chi connectivity index (χ1v) is 10.2. The summed E-state index contributed by atoms with van der Waals surface area (Å²) in [6.45, 7) is 1.73. The minimum atomic E-state index is -0.493. The number of nitro benzene ring substituents is 1. The molecule has 0 saturated heterocycles. The molecule has 30 heavy (non-hydrogen) atoms. The average molecular weight is 439 g/mol. The number of carbonyl (C=O) groups is 1. The molecule has 2 heterocycles. The van der Waals surface area contributed by atoms with E-state index < -0.39 is 10.8 Å². The summed E-state index contributed by atoms with van der Waals surface area (Å²) in [6, 6.07) is 15.3. The van der Waals surface area contributed by atoms with E-state index in [4.69, 9.17) is 11.6 Å². The van der Waals surface area contributed by atoms with Crippen molar-refractivity contribution in [1.82, 2.24) is 9.97 Å². The van der Waals surface area contributed by atoms with Crippen LogP contribution in [0.5, 0.6) is 0 Å². The van der Waals surface area contributed by atoms with Crippen LogP contribution in [0.25, 0.3) is 10.2 Å². The number of halogens is 1. The lowest BCUT2D eigenvalue weighted by molar-refractivity contribution is -0.385. The van der Waals surface area contributed by atoms with Crippen LogP contribution in [0.1, 0.15) is 21.6 Å². The Morgan fingerprint density at radius 1 is 1.17 bits per heavy atom. The number of hydrogen-bond acceptors (Lipinski definition) is 6. The Morgan fingerprint density at radius 2 is 1.97 bits per heavy atom. The molecule has 0 fully saturated rings. The van der Waals surface area contributed by atoms with Gasteiger partial charge >= 0.3 is 0 Å². The summed E-state index contributed by atoms with van der Waals surface area (Å²) in [7, 11) is 0. The van der Waals surface area contributed by atoms with Gasteiger partial charge in [0.1, 0.15) is 5.52 Å². The van der Waals surface area contributed by atoms with E-state index in [1.54, 1.807) is 37.4 Å². The number of amides is 1. The van der Waals surface area contributed by atoms with E-state index in [1.165, 1.54) is 28.4 Å². The van der Waals surface area contributed by atoms with Crippen molar-refractivity contribution in [3.8, 4) is 0 Å². The lowest BCUT2D eigenvalue weighted by Crippen LogP contribution is -2.31. The summed E-state index contributed by atoms with van der Waals surface area (Å²) in [5.41, 5.74) is 1.71. The van der Waals surface area contributed by atoms with E-state index in [9.17, 15) is 14.9 Å². The lowest BCUT2D eigenvalue weighted by Gasteiger charge is -2.20. The summed E-state index contributed by atoms with van der Waals surface area (Å²) in [4.78, 5) is 34.7. The minimum absolute atomic E-state index is 0.106. The fourth-order valence-corrected chi connectivity index (χ4v) is 4.36. The van der Waals surface area contributed by atoms with E-state index in [0.29, 0.717) is 26.9 Å². The molecule has 1 amide bonds. The summed E-state index contributed by atoms with van der Waals surface area (Å²) in [5.74, 6) is -0.392. The first-order valence-electron chi connectivity index (χ1n) is 8.96. The summed E-state index contributed by atoms with van der Waals surface area (Å²) in [5, 5.41) is 12.3. The van der Waals surface area contributed by atoms with Gasteiger partial charge in [0.05, 0.1) is 26.9 Å². The van der Waals surface area contributed by atoms with Crippen LogP contribution < -0.4 is 4.90 Å². The zero-order valence-corrected chi connectivity index (χ0v) is 17.4. The van der Waals surface area contributed by atoms with Crippen LogP contribution in [0.4, 0.5) is 10.8 Å². The molecule has 0 aliphatic rings. The molecule has 0 saturated carbocycles. The number of pyridine rings is 1. The van der Waals surface area contributed by atoms with Crippen molar-refractivity contribution in [2.24, 2.45) is 0 Å². The molecule has 2 aromatic heterocycles. The van der Waals surface area contributed by atoms with Gasteiger partial charge in [-0.1, -0.05) is 41.1 Å². The monoisotopic (exact) mass is 438 g/mol. The van der Waals surface area contributed by atoms with Crippen LogP contribution in [0, 0.1) is 17.0 Å². The van der Waals surface area contributed by atoms with Crippen LogP contribution >= 0.6 is 22.9 Å². The van der Waals surface area contributed by atoms with Gasteiger partial charge in [-0.2, -0.15) is 0 Å². The van der Waals surface area contributed by atoms with Crippen molar-refractivity contribution < 1.29 is 9.72 Å². The average Bonchev–Trinajstić information content (AvgIpc) is 3.18. The molecule has 0 atom stereocenters. The molecule has 0 aliphatic heterocycles. The Kier molecular flexibility index (Phi) is 5.43. The first-order chi connectivity index (χ1) is 14.5. The molecule has 9 heteroatoms. The third-order valence-corrected chi connectivity index (χ3v) is 5.96. The number of anilines is 1. The van der Waals surface area contributed by atoms with E-state index in [1.807, 2.05) is 18.2 Å². The number of fused-ring (bicyclic) bond motifs is 1. The molecule has 7 nitrogen and oxygen atoms in total. The Morgan fingerprint density at radius 3 is 2.67 bits per heavy atom. The molecule has 0 bridgehead atoms. The third-order valence-electron chi connectivity index (χ3n) is 4.61. The van der Waals surface area contributed by atoms with Crippen LogP contribution in [0.2, 0.25) is 5.02 Å². The minimum Gasteiger partial charge on any atom is -0.278 e. The normalized spacial score (nSPS) is 10.9. The number of thiazole rings is 1. The second-order valence-electron chi connectivity index (χ2n) is 6.50. The fourth-order valence-electron chi connectivity index (χ4n) is 3.10. The highest BCUT2D eigenvalue weighted by Gasteiger charge is 2.26.